The van der Waals surface area contributed by atoms with Gasteiger partial charge in [-0.15, -0.1) is 0 Å². The number of hydrogen-bond acceptors (Lipinski definition) is 3. The van der Waals surface area contributed by atoms with Crippen molar-refractivity contribution in [3.05, 3.63) is 59.2 Å². The van der Waals surface area contributed by atoms with Gasteiger partial charge in [-0.1, -0.05) is 41.5 Å². The molecule has 2 aromatic carbocycles. The number of nitrogens with one attached hydrogen (secondary N) is 1. The third-order valence-electron chi connectivity index (χ3n) is 3.40. The van der Waals surface area contributed by atoms with E-state index in [0.717, 1.165) is 17.2 Å². The minimum Gasteiger partial charge on any atom is -0.495 e. The molecule has 23 heavy (non-hydrogen) atoms. The number of ether oxygens (including phenoxy) is 1. The molecular weight excluding hydrogens is 306 g/mol. The van der Waals surface area contributed by atoms with Crippen LogP contribution in [-0.4, -0.2) is 18.8 Å². The maximum absolute atomic E-state index is 12.0. The van der Waals surface area contributed by atoms with Crippen molar-refractivity contribution < 1.29 is 9.53 Å². The average Bonchev–Trinajstić information content (AvgIpc) is 2.51. The minimum absolute atomic E-state index is 0.0161. The van der Waals surface area contributed by atoms with Gasteiger partial charge in [-0.05, 0) is 31.5 Å². The highest BCUT2D eigenvalue weighted by Gasteiger charge is 2.06. The molecule has 0 saturated carbocycles. The van der Waals surface area contributed by atoms with E-state index in [1.54, 1.807) is 18.9 Å². The third-order valence-corrected chi connectivity index (χ3v) is 4.43. The van der Waals surface area contributed by atoms with E-state index >= 15 is 0 Å². The fourth-order valence-electron chi connectivity index (χ4n) is 2.47. The van der Waals surface area contributed by atoms with E-state index < -0.39 is 0 Å². The minimum atomic E-state index is 0.0161. The summed E-state index contributed by atoms with van der Waals surface area (Å²) in [6.45, 7) is 4.23. The number of anilines is 1. The number of thioether (sulfide) groups is 1. The summed E-state index contributed by atoms with van der Waals surface area (Å²) in [5.41, 5.74) is 4.61. The molecule has 0 fully saturated rings. The molecule has 0 spiro atoms. The van der Waals surface area contributed by atoms with Gasteiger partial charge in [-0.3, -0.25) is 4.79 Å². The van der Waals surface area contributed by atoms with Crippen LogP contribution in [0.1, 0.15) is 23.1 Å². The number of amides is 1. The molecule has 0 aliphatic heterocycles. The lowest BCUT2D eigenvalue weighted by atomic mass is 10.1. The first-order valence-electron chi connectivity index (χ1n) is 7.66. The van der Waals surface area contributed by atoms with Crippen LogP contribution in [0.25, 0.3) is 0 Å². The Balaban J connectivity index is 1.76. The van der Waals surface area contributed by atoms with Gasteiger partial charge < -0.3 is 10.1 Å². The highest BCUT2D eigenvalue weighted by molar-refractivity contribution is 7.98. The lowest BCUT2D eigenvalue weighted by molar-refractivity contribution is -0.115. The summed E-state index contributed by atoms with van der Waals surface area (Å²) >= 11 is 1.78. The number of rotatable bonds is 7. The van der Waals surface area contributed by atoms with Crippen LogP contribution in [0.15, 0.2) is 42.5 Å². The van der Waals surface area contributed by atoms with E-state index in [0.29, 0.717) is 12.2 Å². The Morgan fingerprint density at radius 3 is 2.52 bits per heavy atom. The second kappa shape index (κ2) is 8.63. The van der Waals surface area contributed by atoms with Gasteiger partial charge in [0.1, 0.15) is 5.75 Å². The summed E-state index contributed by atoms with van der Waals surface area (Å²) in [6.07, 6.45) is 0.494. The lowest BCUT2D eigenvalue weighted by Crippen LogP contribution is -2.12. The number of carbonyl (C=O) groups excluding carboxylic acids is 1. The number of methoxy groups -OCH3 is 1. The number of carbonyl (C=O) groups is 1. The van der Waals surface area contributed by atoms with Crippen LogP contribution >= 0.6 is 11.8 Å². The molecule has 0 aliphatic rings. The van der Waals surface area contributed by atoms with Gasteiger partial charge in [0.15, 0.2) is 0 Å². The van der Waals surface area contributed by atoms with Crippen LogP contribution in [0.5, 0.6) is 5.75 Å². The van der Waals surface area contributed by atoms with Gasteiger partial charge in [-0.25, -0.2) is 0 Å². The second-order valence-corrected chi connectivity index (χ2v) is 6.65. The zero-order chi connectivity index (χ0) is 16.7. The Morgan fingerprint density at radius 1 is 1.13 bits per heavy atom. The van der Waals surface area contributed by atoms with Crippen molar-refractivity contribution in [3.8, 4) is 5.75 Å². The van der Waals surface area contributed by atoms with Crippen LogP contribution in [-0.2, 0) is 10.5 Å². The highest BCUT2D eigenvalue weighted by atomic mass is 32.2. The normalized spacial score (nSPS) is 10.4. The molecule has 3 nitrogen and oxygen atoms in total. The first-order valence-corrected chi connectivity index (χ1v) is 8.82. The van der Waals surface area contributed by atoms with E-state index in [4.69, 9.17) is 4.74 Å². The molecule has 0 aromatic heterocycles. The highest BCUT2D eigenvalue weighted by Crippen LogP contribution is 2.23. The fraction of sp³-hybridized carbons (Fsp3) is 0.316. The largest absolute Gasteiger partial charge is 0.495 e. The van der Waals surface area contributed by atoms with Gasteiger partial charge in [0.2, 0.25) is 5.91 Å². The Kier molecular flexibility index (Phi) is 6.53. The standard InChI is InChI=1S/C19H23NO2S/c1-14-10-15(2)12-16(11-14)13-23-9-8-19(21)20-17-6-4-5-7-18(17)22-3/h4-7,10-12H,8-9,13H2,1-3H3,(H,20,21). The first kappa shape index (κ1) is 17.4. The Hall–Kier alpha value is -1.94. The fourth-order valence-corrected chi connectivity index (χ4v) is 3.34. The zero-order valence-corrected chi connectivity index (χ0v) is 14.7. The van der Waals surface area contributed by atoms with Crippen LogP contribution in [0.4, 0.5) is 5.69 Å². The summed E-state index contributed by atoms with van der Waals surface area (Å²) in [5, 5.41) is 2.90. The van der Waals surface area contributed by atoms with Gasteiger partial charge >= 0.3 is 0 Å². The predicted octanol–water partition coefficient (Wildman–Crippen LogP) is 4.57. The topological polar surface area (TPSA) is 38.3 Å². The van der Waals surface area contributed by atoms with Crippen LogP contribution in [0.3, 0.4) is 0 Å². The number of benzene rings is 2. The molecule has 1 amide bonds. The van der Waals surface area contributed by atoms with E-state index in [1.165, 1.54) is 16.7 Å². The molecule has 0 saturated heterocycles. The number of hydrogen-bond donors (Lipinski definition) is 1. The van der Waals surface area contributed by atoms with Crippen molar-refractivity contribution in [3.63, 3.8) is 0 Å². The number of para-hydroxylation sites is 2. The smallest absolute Gasteiger partial charge is 0.225 e. The average molecular weight is 329 g/mol. The molecular formula is C19H23NO2S. The van der Waals surface area contributed by atoms with E-state index in [2.05, 4.69) is 37.4 Å². The van der Waals surface area contributed by atoms with Crippen LogP contribution in [0.2, 0.25) is 0 Å². The SMILES string of the molecule is COc1ccccc1NC(=O)CCSCc1cc(C)cc(C)c1. The van der Waals surface area contributed by atoms with Crippen molar-refractivity contribution in [1.29, 1.82) is 0 Å². The number of aryl methyl sites for hydroxylation is 2. The molecule has 0 heterocycles. The Morgan fingerprint density at radius 2 is 1.83 bits per heavy atom. The van der Waals surface area contributed by atoms with Crippen LogP contribution < -0.4 is 10.1 Å². The molecule has 2 rings (SSSR count). The molecule has 0 aliphatic carbocycles. The van der Waals surface area contributed by atoms with E-state index in [-0.39, 0.29) is 5.91 Å². The lowest BCUT2D eigenvalue weighted by Gasteiger charge is -2.09. The molecule has 0 radical (unpaired) electrons. The summed E-state index contributed by atoms with van der Waals surface area (Å²) in [7, 11) is 1.60. The molecule has 1 N–H and O–H groups in total. The van der Waals surface area contributed by atoms with Crippen molar-refractivity contribution >= 4 is 23.4 Å². The monoisotopic (exact) mass is 329 g/mol. The predicted molar refractivity (Wildman–Crippen MR) is 98.3 cm³/mol. The second-order valence-electron chi connectivity index (χ2n) is 5.55. The summed E-state index contributed by atoms with van der Waals surface area (Å²) < 4.78 is 5.23. The van der Waals surface area contributed by atoms with Gasteiger partial charge in [0, 0.05) is 17.9 Å². The molecule has 2 aromatic rings. The summed E-state index contributed by atoms with van der Waals surface area (Å²) in [6, 6.07) is 14.0. The quantitative estimate of drug-likeness (QED) is 0.756. The van der Waals surface area contributed by atoms with E-state index in [1.807, 2.05) is 24.3 Å². The molecule has 0 atom stereocenters. The van der Waals surface area contributed by atoms with Gasteiger partial charge in [-0.2, -0.15) is 11.8 Å². The maximum Gasteiger partial charge on any atom is 0.225 e. The van der Waals surface area contributed by atoms with Gasteiger partial charge in [0.25, 0.3) is 0 Å². The maximum atomic E-state index is 12.0. The first-order chi connectivity index (χ1) is 11.1. The van der Waals surface area contributed by atoms with Crippen molar-refractivity contribution in [2.75, 3.05) is 18.2 Å². The van der Waals surface area contributed by atoms with Crippen molar-refractivity contribution in [2.24, 2.45) is 0 Å². The Labute approximate surface area is 142 Å². The molecule has 0 unspecified atom stereocenters. The zero-order valence-electron chi connectivity index (χ0n) is 13.9. The summed E-state index contributed by atoms with van der Waals surface area (Å²) in [5.74, 6) is 2.43. The molecule has 0 bridgehead atoms. The van der Waals surface area contributed by atoms with Crippen LogP contribution in [0, 0.1) is 13.8 Å². The van der Waals surface area contributed by atoms with Gasteiger partial charge in [0.05, 0.1) is 12.8 Å². The van der Waals surface area contributed by atoms with E-state index in [9.17, 15) is 4.79 Å². The molecule has 4 heteroatoms. The Bertz CT molecular complexity index is 650. The van der Waals surface area contributed by atoms with Crippen molar-refractivity contribution in [1.82, 2.24) is 0 Å². The molecule has 122 valence electrons. The summed E-state index contributed by atoms with van der Waals surface area (Å²) in [4.78, 5) is 12.0. The third kappa shape index (κ3) is 5.64. The van der Waals surface area contributed by atoms with Crippen molar-refractivity contribution in [2.45, 2.75) is 26.0 Å².